The normalized spacial score (nSPS) is 11.0. The van der Waals surface area contributed by atoms with Crippen LogP contribution in [-0.2, 0) is 6.42 Å². The molecule has 0 saturated heterocycles. The molecule has 29 heavy (non-hydrogen) atoms. The number of hydrogen-bond acceptors (Lipinski definition) is 4. The van der Waals surface area contributed by atoms with Crippen LogP contribution in [0.2, 0.25) is 0 Å². The van der Waals surface area contributed by atoms with E-state index in [1.807, 2.05) is 0 Å². The van der Waals surface area contributed by atoms with Gasteiger partial charge in [-0.1, -0.05) is 12.1 Å². The van der Waals surface area contributed by atoms with Crippen LogP contribution in [0.5, 0.6) is 0 Å². The summed E-state index contributed by atoms with van der Waals surface area (Å²) in [5, 5.41) is 9.47. The molecule has 8 heteroatoms. The van der Waals surface area contributed by atoms with Crippen LogP contribution in [0.15, 0.2) is 59.7 Å². The number of fused-ring (bicyclic) bond motifs is 1. The molecule has 144 valence electrons. The molecule has 0 saturated carbocycles. The molecule has 0 spiro atoms. The summed E-state index contributed by atoms with van der Waals surface area (Å²) in [5.74, 6) is -2.64. The Labute approximate surface area is 162 Å². The summed E-state index contributed by atoms with van der Waals surface area (Å²) in [7, 11) is 0. The molecule has 3 heterocycles. The fourth-order valence-corrected chi connectivity index (χ4v) is 3.11. The molecule has 0 fully saturated rings. The minimum atomic E-state index is -1.40. The number of aromatic nitrogens is 3. The van der Waals surface area contributed by atoms with E-state index in [1.165, 1.54) is 36.7 Å². The average molecular weight is 393 g/mol. The number of aromatic amines is 1. The first-order valence-corrected chi connectivity index (χ1v) is 8.57. The van der Waals surface area contributed by atoms with Gasteiger partial charge in [-0.25, -0.2) is 14.2 Å². The summed E-state index contributed by atoms with van der Waals surface area (Å²) in [6.07, 6.45) is 2.89. The van der Waals surface area contributed by atoms with Crippen LogP contribution in [-0.4, -0.2) is 26.0 Å². The van der Waals surface area contributed by atoms with Crippen molar-refractivity contribution >= 4 is 16.9 Å². The number of benzene rings is 1. The lowest BCUT2D eigenvalue weighted by Gasteiger charge is -2.09. The molecule has 6 nitrogen and oxygen atoms in total. The largest absolute Gasteiger partial charge is 0.477 e. The number of para-hydroxylation sites is 1. The summed E-state index contributed by atoms with van der Waals surface area (Å²) in [5.41, 5.74) is 0.634. The molecule has 0 radical (unpaired) electrons. The van der Waals surface area contributed by atoms with Crippen LogP contribution >= 0.6 is 0 Å². The molecule has 0 unspecified atom stereocenters. The van der Waals surface area contributed by atoms with E-state index in [2.05, 4.69) is 15.0 Å². The van der Waals surface area contributed by atoms with Crippen LogP contribution < -0.4 is 5.43 Å². The first-order valence-electron chi connectivity index (χ1n) is 8.57. The Hall–Kier alpha value is -3.94. The molecule has 0 bridgehead atoms. The minimum absolute atomic E-state index is 0.0108. The third-order valence-corrected chi connectivity index (χ3v) is 4.52. The van der Waals surface area contributed by atoms with Gasteiger partial charge in [0.1, 0.15) is 11.4 Å². The second-order valence-electron chi connectivity index (χ2n) is 6.36. The quantitative estimate of drug-likeness (QED) is 0.517. The average Bonchev–Trinajstić information content (AvgIpc) is 2.70. The monoisotopic (exact) mass is 393 g/mol. The SMILES string of the molecule is O=C(O)c1c(Cc2ccc(-c3ccc(F)nc3)cn2)[nH]c2c(F)cccc2c1=O. The Morgan fingerprint density at radius 2 is 1.72 bits per heavy atom. The van der Waals surface area contributed by atoms with Gasteiger partial charge in [-0.3, -0.25) is 9.78 Å². The van der Waals surface area contributed by atoms with Gasteiger partial charge < -0.3 is 10.1 Å². The van der Waals surface area contributed by atoms with Crippen molar-refractivity contribution in [3.8, 4) is 11.1 Å². The number of H-pyrrole nitrogens is 1. The van der Waals surface area contributed by atoms with Crippen LogP contribution in [0.4, 0.5) is 8.78 Å². The van der Waals surface area contributed by atoms with Gasteiger partial charge in [-0.2, -0.15) is 4.39 Å². The third kappa shape index (κ3) is 3.47. The highest BCUT2D eigenvalue weighted by atomic mass is 19.1. The number of aromatic carboxylic acids is 1. The Bertz CT molecular complexity index is 1280. The predicted molar refractivity (Wildman–Crippen MR) is 102 cm³/mol. The van der Waals surface area contributed by atoms with E-state index in [0.29, 0.717) is 16.8 Å². The van der Waals surface area contributed by atoms with Gasteiger partial charge in [0.05, 0.1) is 5.52 Å². The molecule has 3 aromatic heterocycles. The van der Waals surface area contributed by atoms with E-state index in [0.717, 1.165) is 0 Å². The van der Waals surface area contributed by atoms with Gasteiger partial charge in [0.15, 0.2) is 0 Å². The number of carbonyl (C=O) groups is 1. The van der Waals surface area contributed by atoms with E-state index in [1.54, 1.807) is 18.2 Å². The summed E-state index contributed by atoms with van der Waals surface area (Å²) in [4.78, 5) is 34.8. The molecule has 0 aliphatic rings. The van der Waals surface area contributed by atoms with Gasteiger partial charge in [0.2, 0.25) is 11.4 Å². The van der Waals surface area contributed by atoms with E-state index in [9.17, 15) is 23.5 Å². The number of carboxylic acid groups (broad SMARTS) is 1. The van der Waals surface area contributed by atoms with Crippen molar-refractivity contribution in [2.45, 2.75) is 6.42 Å². The zero-order valence-electron chi connectivity index (χ0n) is 14.8. The van der Waals surface area contributed by atoms with E-state index < -0.39 is 28.7 Å². The second kappa shape index (κ2) is 7.23. The summed E-state index contributed by atoms with van der Waals surface area (Å²) in [6.45, 7) is 0. The van der Waals surface area contributed by atoms with Crippen LogP contribution in [0.1, 0.15) is 21.7 Å². The highest BCUT2D eigenvalue weighted by Gasteiger charge is 2.20. The Morgan fingerprint density at radius 1 is 1.00 bits per heavy atom. The molecule has 2 N–H and O–H groups in total. The Balaban J connectivity index is 1.74. The lowest BCUT2D eigenvalue weighted by atomic mass is 10.0. The van der Waals surface area contributed by atoms with Crippen molar-refractivity contribution < 1.29 is 18.7 Å². The van der Waals surface area contributed by atoms with E-state index in [4.69, 9.17) is 0 Å². The van der Waals surface area contributed by atoms with Crippen molar-refractivity contribution in [2.75, 3.05) is 0 Å². The maximum atomic E-state index is 14.1. The summed E-state index contributed by atoms with van der Waals surface area (Å²) >= 11 is 0. The van der Waals surface area contributed by atoms with Crippen molar-refractivity contribution in [3.05, 3.63) is 93.8 Å². The highest BCUT2D eigenvalue weighted by Crippen LogP contribution is 2.20. The van der Waals surface area contributed by atoms with Crippen molar-refractivity contribution in [2.24, 2.45) is 0 Å². The number of rotatable bonds is 4. The second-order valence-corrected chi connectivity index (χ2v) is 6.36. The van der Waals surface area contributed by atoms with Crippen molar-refractivity contribution in [1.29, 1.82) is 0 Å². The first kappa shape index (κ1) is 18.4. The van der Waals surface area contributed by atoms with Gasteiger partial charge in [0, 0.05) is 46.7 Å². The number of nitrogens with one attached hydrogen (secondary N) is 1. The van der Waals surface area contributed by atoms with Gasteiger partial charge in [0.25, 0.3) is 0 Å². The zero-order valence-corrected chi connectivity index (χ0v) is 14.8. The zero-order chi connectivity index (χ0) is 20.5. The fourth-order valence-electron chi connectivity index (χ4n) is 3.11. The number of pyridine rings is 3. The predicted octanol–water partition coefficient (Wildman–Crippen LogP) is 3.55. The minimum Gasteiger partial charge on any atom is -0.477 e. The molecular formula is C21H13F2N3O3. The van der Waals surface area contributed by atoms with E-state index in [-0.39, 0.29) is 23.0 Å². The molecular weight excluding hydrogens is 380 g/mol. The maximum Gasteiger partial charge on any atom is 0.341 e. The topological polar surface area (TPSA) is 95.9 Å². The van der Waals surface area contributed by atoms with Crippen molar-refractivity contribution in [3.63, 3.8) is 0 Å². The van der Waals surface area contributed by atoms with Gasteiger partial charge in [-0.15, -0.1) is 0 Å². The van der Waals surface area contributed by atoms with E-state index >= 15 is 0 Å². The molecule has 4 rings (SSSR count). The highest BCUT2D eigenvalue weighted by molar-refractivity contribution is 5.94. The fraction of sp³-hybridized carbons (Fsp3) is 0.0476. The van der Waals surface area contributed by atoms with Crippen molar-refractivity contribution in [1.82, 2.24) is 15.0 Å². The number of hydrogen-bond donors (Lipinski definition) is 2. The maximum absolute atomic E-state index is 14.1. The Kier molecular flexibility index (Phi) is 4.59. The lowest BCUT2D eigenvalue weighted by molar-refractivity contribution is 0.0694. The third-order valence-electron chi connectivity index (χ3n) is 4.52. The number of carboxylic acids is 1. The number of halogens is 2. The lowest BCUT2D eigenvalue weighted by Crippen LogP contribution is -2.20. The smallest absolute Gasteiger partial charge is 0.341 e. The summed E-state index contributed by atoms with van der Waals surface area (Å²) in [6, 6.07) is 10.1. The summed E-state index contributed by atoms with van der Waals surface area (Å²) < 4.78 is 27.1. The molecule has 4 aromatic rings. The standard InChI is InChI=1S/C21H13F2N3O3/c22-15-3-1-2-14-19(15)26-16(18(20(14)27)21(28)29)8-13-6-4-11(9-24-13)12-5-7-17(23)25-10-12/h1-7,9-10H,8H2,(H,26,27)(H,28,29). The Morgan fingerprint density at radius 3 is 2.34 bits per heavy atom. The first-order chi connectivity index (χ1) is 13.9. The van der Waals surface area contributed by atoms with Gasteiger partial charge >= 0.3 is 5.97 Å². The molecule has 0 aliphatic carbocycles. The number of nitrogens with zero attached hydrogens (tertiary/aromatic N) is 2. The van der Waals surface area contributed by atoms with Crippen LogP contribution in [0.3, 0.4) is 0 Å². The van der Waals surface area contributed by atoms with Crippen LogP contribution in [0, 0.1) is 11.8 Å². The van der Waals surface area contributed by atoms with Gasteiger partial charge in [-0.05, 0) is 30.3 Å². The molecule has 0 aliphatic heterocycles. The molecule has 0 amide bonds. The van der Waals surface area contributed by atoms with Crippen LogP contribution in [0.25, 0.3) is 22.0 Å². The molecule has 1 aromatic carbocycles. The molecule has 0 atom stereocenters.